The maximum absolute atomic E-state index is 11.2. The van der Waals surface area contributed by atoms with Crippen molar-refractivity contribution < 1.29 is 9.90 Å². The minimum absolute atomic E-state index is 0.287. The summed E-state index contributed by atoms with van der Waals surface area (Å²) in [7, 11) is 0. The zero-order chi connectivity index (χ0) is 12.5. The number of aromatic carboxylic acids is 1. The van der Waals surface area contributed by atoms with Crippen LogP contribution in [-0.2, 0) is 0 Å². The van der Waals surface area contributed by atoms with Gasteiger partial charge < -0.3 is 5.11 Å². The average molecular weight is 282 g/mol. The lowest BCUT2D eigenvalue weighted by Crippen LogP contribution is -2.14. The first-order chi connectivity index (χ1) is 8.75. The Morgan fingerprint density at radius 3 is 2.83 bits per heavy atom. The highest BCUT2D eigenvalue weighted by molar-refractivity contribution is 8.06. The van der Waals surface area contributed by atoms with E-state index in [1.807, 2.05) is 23.5 Å². The van der Waals surface area contributed by atoms with Crippen LogP contribution in [0.15, 0.2) is 6.20 Å². The lowest BCUT2D eigenvalue weighted by Gasteiger charge is -2.20. The van der Waals surface area contributed by atoms with Gasteiger partial charge in [-0.05, 0) is 12.8 Å². The van der Waals surface area contributed by atoms with Crippen LogP contribution >= 0.6 is 23.5 Å². The molecule has 3 rings (SSSR count). The van der Waals surface area contributed by atoms with Gasteiger partial charge in [0.1, 0.15) is 5.82 Å². The van der Waals surface area contributed by atoms with Crippen LogP contribution in [0.4, 0.5) is 0 Å². The van der Waals surface area contributed by atoms with E-state index in [0.717, 1.165) is 35.9 Å². The Bertz CT molecular complexity index is 471. The summed E-state index contributed by atoms with van der Waals surface area (Å²) in [5.74, 6) is 3.59. The predicted octanol–water partition coefficient (Wildman–Crippen LogP) is 2.57. The molecule has 1 aliphatic carbocycles. The van der Waals surface area contributed by atoms with E-state index in [1.54, 1.807) is 0 Å². The van der Waals surface area contributed by atoms with Crippen molar-refractivity contribution in [3.63, 3.8) is 0 Å². The molecular weight excluding hydrogens is 268 g/mol. The Hall–Kier alpha value is -0.750. The van der Waals surface area contributed by atoms with Gasteiger partial charge in [0, 0.05) is 29.4 Å². The normalized spacial score (nSPS) is 23.9. The van der Waals surface area contributed by atoms with Gasteiger partial charge in [0.15, 0.2) is 0 Å². The molecule has 4 nitrogen and oxygen atoms in total. The lowest BCUT2D eigenvalue weighted by molar-refractivity contribution is 0.0694. The maximum Gasteiger partial charge on any atom is 0.339 e. The highest BCUT2D eigenvalue weighted by atomic mass is 32.2. The smallest absolute Gasteiger partial charge is 0.339 e. The molecule has 1 aromatic rings. The van der Waals surface area contributed by atoms with Gasteiger partial charge in [-0.1, -0.05) is 0 Å². The molecule has 1 N–H and O–H groups in total. The first-order valence-electron chi connectivity index (χ1n) is 6.05. The number of hydrogen-bond donors (Lipinski definition) is 1. The zero-order valence-corrected chi connectivity index (χ0v) is 11.5. The van der Waals surface area contributed by atoms with E-state index in [2.05, 4.69) is 9.97 Å². The van der Waals surface area contributed by atoms with E-state index in [4.69, 9.17) is 5.11 Å². The summed E-state index contributed by atoms with van der Waals surface area (Å²) in [5, 5.41) is 9.48. The van der Waals surface area contributed by atoms with Gasteiger partial charge in [0.25, 0.3) is 0 Å². The molecule has 1 aromatic heterocycles. The largest absolute Gasteiger partial charge is 0.478 e. The minimum atomic E-state index is -0.908. The third-order valence-corrected chi connectivity index (χ3v) is 5.89. The third-order valence-electron chi connectivity index (χ3n) is 3.14. The van der Waals surface area contributed by atoms with Gasteiger partial charge in [-0.25, -0.2) is 14.8 Å². The summed E-state index contributed by atoms with van der Waals surface area (Å²) >= 11 is 3.80. The molecule has 18 heavy (non-hydrogen) atoms. The molecule has 0 amide bonds. The Kier molecular flexibility index (Phi) is 3.48. The minimum Gasteiger partial charge on any atom is -0.478 e. The molecule has 0 aromatic carbocycles. The summed E-state index contributed by atoms with van der Waals surface area (Å²) in [5.41, 5.74) is 1.04. The van der Waals surface area contributed by atoms with Crippen LogP contribution in [-0.4, -0.2) is 38.3 Å². The molecule has 0 bridgehead atoms. The molecule has 0 spiro atoms. The first kappa shape index (κ1) is 12.3. The average Bonchev–Trinajstić information content (AvgIpc) is 3.23. The van der Waals surface area contributed by atoms with E-state index < -0.39 is 5.97 Å². The van der Waals surface area contributed by atoms with Gasteiger partial charge in [0.05, 0.1) is 16.5 Å². The van der Waals surface area contributed by atoms with E-state index >= 15 is 0 Å². The van der Waals surface area contributed by atoms with Gasteiger partial charge >= 0.3 is 5.97 Å². The van der Waals surface area contributed by atoms with Crippen molar-refractivity contribution in [2.75, 3.05) is 17.3 Å². The van der Waals surface area contributed by atoms with Crippen LogP contribution < -0.4 is 0 Å². The van der Waals surface area contributed by atoms with E-state index in [1.165, 1.54) is 11.9 Å². The molecule has 2 heterocycles. The Labute approximate surface area is 114 Å². The summed E-state index contributed by atoms with van der Waals surface area (Å²) in [6, 6.07) is 0. The molecule has 1 saturated carbocycles. The van der Waals surface area contributed by atoms with Crippen molar-refractivity contribution in [3.05, 3.63) is 23.3 Å². The first-order valence-corrected chi connectivity index (χ1v) is 8.25. The van der Waals surface area contributed by atoms with Gasteiger partial charge in [-0.3, -0.25) is 0 Å². The lowest BCUT2D eigenvalue weighted by atomic mass is 10.1. The highest BCUT2D eigenvalue weighted by Gasteiger charge is 2.31. The second kappa shape index (κ2) is 5.09. The summed E-state index contributed by atoms with van der Waals surface area (Å²) < 4.78 is 0. The third kappa shape index (κ3) is 2.49. The van der Waals surface area contributed by atoms with Gasteiger partial charge in [-0.2, -0.15) is 11.8 Å². The number of nitrogens with zero attached hydrogens (tertiary/aromatic N) is 2. The second-order valence-corrected chi connectivity index (χ2v) is 7.00. The monoisotopic (exact) mass is 282 g/mol. The van der Waals surface area contributed by atoms with Crippen LogP contribution in [0.25, 0.3) is 0 Å². The fourth-order valence-electron chi connectivity index (χ4n) is 2.03. The van der Waals surface area contributed by atoms with Crippen molar-refractivity contribution in [3.8, 4) is 0 Å². The number of carbonyl (C=O) groups is 1. The molecule has 96 valence electrons. The van der Waals surface area contributed by atoms with E-state index in [9.17, 15) is 4.79 Å². The second-order valence-electron chi connectivity index (χ2n) is 4.54. The molecule has 1 aliphatic heterocycles. The fraction of sp³-hybridized carbons (Fsp3) is 0.583. The molecule has 2 fully saturated rings. The fourth-order valence-corrected chi connectivity index (χ4v) is 4.64. The van der Waals surface area contributed by atoms with Crippen LogP contribution in [0.5, 0.6) is 0 Å². The van der Waals surface area contributed by atoms with Gasteiger partial charge in [0.2, 0.25) is 0 Å². The molecule has 1 unspecified atom stereocenters. The van der Waals surface area contributed by atoms with Crippen LogP contribution in [0.1, 0.15) is 45.9 Å². The molecule has 1 atom stereocenters. The number of hydrogen-bond acceptors (Lipinski definition) is 5. The molecule has 2 aliphatic rings. The molecule has 1 saturated heterocycles. The zero-order valence-electron chi connectivity index (χ0n) is 9.83. The van der Waals surface area contributed by atoms with Crippen LogP contribution in [0.2, 0.25) is 0 Å². The van der Waals surface area contributed by atoms with E-state index in [-0.39, 0.29) is 5.56 Å². The number of thioether (sulfide) groups is 2. The molecular formula is C12H14N2O2S2. The maximum atomic E-state index is 11.2. The quantitative estimate of drug-likeness (QED) is 0.919. The number of carboxylic acids is 1. The summed E-state index contributed by atoms with van der Waals surface area (Å²) in [6.45, 7) is 0. The van der Waals surface area contributed by atoms with E-state index in [0.29, 0.717) is 11.2 Å². The molecule has 0 radical (unpaired) electrons. The van der Waals surface area contributed by atoms with Crippen molar-refractivity contribution >= 4 is 29.5 Å². The van der Waals surface area contributed by atoms with Gasteiger partial charge in [-0.15, -0.1) is 11.8 Å². The van der Waals surface area contributed by atoms with Crippen molar-refractivity contribution in [1.29, 1.82) is 0 Å². The number of carboxylic acid groups (broad SMARTS) is 1. The SMILES string of the molecule is O=C(O)c1cnc(C2CSCCS2)nc1C1CC1. The summed E-state index contributed by atoms with van der Waals surface area (Å²) in [4.78, 5) is 20.0. The Balaban J connectivity index is 1.91. The predicted molar refractivity (Wildman–Crippen MR) is 73.5 cm³/mol. The number of rotatable bonds is 3. The standard InChI is InChI=1S/C12H14N2O2S2/c15-12(16)8-5-13-11(9-6-17-3-4-18-9)14-10(8)7-1-2-7/h5,7,9H,1-4,6H2,(H,15,16). The van der Waals surface area contributed by atoms with Crippen molar-refractivity contribution in [2.45, 2.75) is 24.0 Å². The van der Waals surface area contributed by atoms with Crippen LogP contribution in [0.3, 0.4) is 0 Å². The highest BCUT2D eigenvalue weighted by Crippen LogP contribution is 2.42. The number of aromatic nitrogens is 2. The Morgan fingerprint density at radius 2 is 2.22 bits per heavy atom. The molecule has 6 heteroatoms. The summed E-state index contributed by atoms with van der Waals surface area (Å²) in [6.07, 6.45) is 3.62. The van der Waals surface area contributed by atoms with Crippen molar-refractivity contribution in [1.82, 2.24) is 9.97 Å². The Morgan fingerprint density at radius 1 is 1.39 bits per heavy atom. The van der Waals surface area contributed by atoms with Crippen LogP contribution in [0, 0.1) is 0 Å². The van der Waals surface area contributed by atoms with Crippen molar-refractivity contribution in [2.24, 2.45) is 0 Å². The topological polar surface area (TPSA) is 63.1 Å².